The lowest BCUT2D eigenvalue weighted by Gasteiger charge is -2.47. The van der Waals surface area contributed by atoms with Gasteiger partial charge in [0, 0.05) is 31.7 Å². The molecule has 6 rings (SSSR count). The summed E-state index contributed by atoms with van der Waals surface area (Å²) in [5, 5.41) is 15.0. The first-order chi connectivity index (χ1) is 19.8. The van der Waals surface area contributed by atoms with Gasteiger partial charge in [-0.05, 0) is 73.5 Å². The smallest absolute Gasteiger partial charge is 0.407 e. The highest BCUT2D eigenvalue weighted by Crippen LogP contribution is 2.38. The van der Waals surface area contributed by atoms with Crippen molar-refractivity contribution in [2.45, 2.75) is 39.2 Å². The lowest BCUT2D eigenvalue weighted by atomic mass is 9.72. The molecular formula is C31H37N7O3. The minimum atomic E-state index is -0.811. The predicted molar refractivity (Wildman–Crippen MR) is 158 cm³/mol. The van der Waals surface area contributed by atoms with E-state index in [1.807, 2.05) is 59.3 Å². The van der Waals surface area contributed by atoms with Crippen molar-refractivity contribution in [2.75, 3.05) is 38.5 Å². The maximum atomic E-state index is 11.2. The van der Waals surface area contributed by atoms with Gasteiger partial charge in [0.1, 0.15) is 29.3 Å². The Bertz CT molecular complexity index is 1510. The van der Waals surface area contributed by atoms with Crippen molar-refractivity contribution in [3.8, 4) is 22.8 Å². The number of aromatic nitrogens is 4. The number of amides is 1. The molecule has 214 valence electrons. The second-order valence-corrected chi connectivity index (χ2v) is 11.9. The summed E-state index contributed by atoms with van der Waals surface area (Å²) in [4.78, 5) is 24.1. The third-order valence-electron chi connectivity index (χ3n) is 8.86. The number of ether oxygens (including phenoxy) is 1. The van der Waals surface area contributed by atoms with Gasteiger partial charge in [-0.15, -0.1) is 0 Å². The molecule has 1 amide bonds. The second-order valence-electron chi connectivity index (χ2n) is 11.9. The Labute approximate surface area is 239 Å². The Morgan fingerprint density at radius 1 is 1.02 bits per heavy atom. The van der Waals surface area contributed by atoms with E-state index < -0.39 is 6.09 Å². The van der Waals surface area contributed by atoms with E-state index in [4.69, 9.17) is 20.7 Å². The van der Waals surface area contributed by atoms with Gasteiger partial charge in [0.25, 0.3) is 0 Å². The van der Waals surface area contributed by atoms with Gasteiger partial charge in [-0.1, -0.05) is 32.0 Å². The Morgan fingerprint density at radius 2 is 1.71 bits per heavy atom. The first kappa shape index (κ1) is 27.0. The molecule has 10 nitrogen and oxygen atoms in total. The number of likely N-dealkylation sites (tertiary alicyclic amines) is 2. The zero-order chi connectivity index (χ0) is 28.6. The maximum absolute atomic E-state index is 11.2. The van der Waals surface area contributed by atoms with E-state index in [1.54, 1.807) is 0 Å². The van der Waals surface area contributed by atoms with E-state index in [0.29, 0.717) is 24.8 Å². The number of carbonyl (C=O) groups is 1. The molecule has 2 aromatic carbocycles. The van der Waals surface area contributed by atoms with Gasteiger partial charge in [-0.2, -0.15) is 5.10 Å². The molecule has 0 radical (unpaired) electrons. The molecule has 0 aliphatic carbocycles. The van der Waals surface area contributed by atoms with Crippen LogP contribution in [0.2, 0.25) is 0 Å². The highest BCUT2D eigenvalue weighted by molar-refractivity contribution is 5.98. The Kier molecular flexibility index (Phi) is 7.25. The fourth-order valence-electron chi connectivity index (χ4n) is 5.92. The Hall–Kier alpha value is -4.18. The molecule has 2 fully saturated rings. The minimum absolute atomic E-state index is 0.117. The van der Waals surface area contributed by atoms with Crippen molar-refractivity contribution in [1.29, 1.82) is 0 Å². The summed E-state index contributed by atoms with van der Waals surface area (Å²) in [6.45, 7) is 8.81. The van der Waals surface area contributed by atoms with Crippen molar-refractivity contribution in [3.05, 3.63) is 60.9 Å². The number of nitrogens with zero attached hydrogens (tertiary/aromatic N) is 6. The van der Waals surface area contributed by atoms with Crippen LogP contribution in [0.3, 0.4) is 0 Å². The Morgan fingerprint density at radius 3 is 2.39 bits per heavy atom. The number of rotatable bonds is 8. The van der Waals surface area contributed by atoms with E-state index in [-0.39, 0.29) is 11.5 Å². The largest absolute Gasteiger partial charge is 0.465 e. The van der Waals surface area contributed by atoms with Gasteiger partial charge in [0.05, 0.1) is 11.4 Å². The monoisotopic (exact) mass is 555 g/mol. The zero-order valence-electron chi connectivity index (χ0n) is 23.6. The van der Waals surface area contributed by atoms with Crippen molar-refractivity contribution >= 4 is 22.9 Å². The number of nitrogen functional groups attached to an aromatic ring is 1. The number of piperidine rings is 1. The van der Waals surface area contributed by atoms with Crippen LogP contribution in [0.4, 0.5) is 10.6 Å². The number of fused-ring (bicyclic) bond motifs is 1. The molecule has 0 spiro atoms. The van der Waals surface area contributed by atoms with E-state index in [1.165, 1.54) is 11.2 Å². The molecule has 0 bridgehead atoms. The van der Waals surface area contributed by atoms with Crippen LogP contribution in [0.1, 0.15) is 39.2 Å². The van der Waals surface area contributed by atoms with Crippen LogP contribution in [-0.2, 0) is 0 Å². The molecule has 2 aromatic heterocycles. The maximum Gasteiger partial charge on any atom is 0.407 e. The standard InChI is InChI=1S/C31H37N7O3/c1-31(2,22-18-37(19-22)30(39)40)14-17-36-15-12-23(13-16-36)38-29-26(28(32)33-20-34-29)27(35-38)21-8-10-25(11-9-21)41-24-6-4-3-5-7-24/h3-11,20,22-23H,12-19H2,1-2H3,(H,39,40)(H2,32,33,34). The summed E-state index contributed by atoms with van der Waals surface area (Å²) in [5.41, 5.74) is 8.97. The van der Waals surface area contributed by atoms with E-state index >= 15 is 0 Å². The SMILES string of the molecule is CC(C)(CCN1CCC(n2nc(-c3ccc(Oc4ccccc4)cc3)c3c(N)ncnc32)CC1)C1CN(C(=O)O)C1. The van der Waals surface area contributed by atoms with Crippen LogP contribution in [0.25, 0.3) is 22.3 Å². The lowest BCUT2D eigenvalue weighted by molar-refractivity contribution is 0.0120. The first-order valence-electron chi connectivity index (χ1n) is 14.3. The topological polar surface area (TPSA) is 123 Å². The average Bonchev–Trinajstić information content (AvgIpc) is 3.33. The molecule has 0 atom stereocenters. The predicted octanol–water partition coefficient (Wildman–Crippen LogP) is 5.53. The van der Waals surface area contributed by atoms with Gasteiger partial charge < -0.3 is 25.4 Å². The molecule has 2 aliphatic rings. The lowest BCUT2D eigenvalue weighted by Crippen LogP contribution is -2.55. The molecule has 0 saturated carbocycles. The number of hydrogen-bond acceptors (Lipinski definition) is 7. The fraction of sp³-hybridized carbons (Fsp3) is 0.419. The van der Waals surface area contributed by atoms with E-state index in [9.17, 15) is 4.79 Å². The minimum Gasteiger partial charge on any atom is -0.465 e. The van der Waals surface area contributed by atoms with Gasteiger partial charge in [0.15, 0.2) is 5.65 Å². The molecule has 0 unspecified atom stereocenters. The van der Waals surface area contributed by atoms with Gasteiger partial charge >= 0.3 is 6.09 Å². The van der Waals surface area contributed by atoms with Gasteiger partial charge in [-0.3, -0.25) is 0 Å². The number of carboxylic acid groups (broad SMARTS) is 1. The summed E-state index contributed by atoms with van der Waals surface area (Å²) >= 11 is 0. The van der Waals surface area contributed by atoms with Crippen molar-refractivity contribution in [2.24, 2.45) is 11.3 Å². The normalized spacial score (nSPS) is 17.1. The molecular weight excluding hydrogens is 518 g/mol. The van der Waals surface area contributed by atoms with Crippen LogP contribution in [0.15, 0.2) is 60.9 Å². The first-order valence-corrected chi connectivity index (χ1v) is 14.3. The van der Waals surface area contributed by atoms with E-state index in [0.717, 1.165) is 72.7 Å². The highest BCUT2D eigenvalue weighted by Gasteiger charge is 2.41. The van der Waals surface area contributed by atoms with E-state index in [2.05, 4.69) is 28.7 Å². The summed E-state index contributed by atoms with van der Waals surface area (Å²) in [6.07, 6.45) is 3.70. The van der Waals surface area contributed by atoms with Crippen molar-refractivity contribution < 1.29 is 14.6 Å². The fourth-order valence-corrected chi connectivity index (χ4v) is 5.92. The summed E-state index contributed by atoms with van der Waals surface area (Å²) < 4.78 is 8.01. The van der Waals surface area contributed by atoms with Crippen LogP contribution in [0.5, 0.6) is 11.5 Å². The number of benzene rings is 2. The molecule has 3 N–H and O–H groups in total. The van der Waals surface area contributed by atoms with Crippen LogP contribution in [-0.4, -0.2) is 73.5 Å². The van der Waals surface area contributed by atoms with Gasteiger partial charge in [-0.25, -0.2) is 19.4 Å². The van der Waals surface area contributed by atoms with Crippen molar-refractivity contribution in [3.63, 3.8) is 0 Å². The summed E-state index contributed by atoms with van der Waals surface area (Å²) in [6, 6.07) is 17.8. The zero-order valence-corrected chi connectivity index (χ0v) is 23.6. The van der Waals surface area contributed by atoms with Crippen LogP contribution in [0, 0.1) is 11.3 Å². The molecule has 2 aliphatic heterocycles. The van der Waals surface area contributed by atoms with Crippen LogP contribution < -0.4 is 10.5 Å². The third kappa shape index (κ3) is 5.56. The third-order valence-corrected chi connectivity index (χ3v) is 8.86. The average molecular weight is 556 g/mol. The second kappa shape index (κ2) is 11.0. The summed E-state index contributed by atoms with van der Waals surface area (Å²) in [5.74, 6) is 2.39. The number of nitrogens with two attached hydrogens (primary N) is 1. The quantitative estimate of drug-likeness (QED) is 0.291. The highest BCUT2D eigenvalue weighted by atomic mass is 16.5. The van der Waals surface area contributed by atoms with Gasteiger partial charge in [0.2, 0.25) is 0 Å². The molecule has 2 saturated heterocycles. The van der Waals surface area contributed by atoms with Crippen molar-refractivity contribution in [1.82, 2.24) is 29.5 Å². The Balaban J connectivity index is 1.13. The number of hydrogen-bond donors (Lipinski definition) is 2. The molecule has 4 heterocycles. The summed E-state index contributed by atoms with van der Waals surface area (Å²) in [7, 11) is 0. The molecule has 10 heteroatoms. The molecule has 4 aromatic rings. The number of para-hydroxylation sites is 1. The molecule has 41 heavy (non-hydrogen) atoms. The van der Waals surface area contributed by atoms with Crippen LogP contribution >= 0.6 is 0 Å². The number of anilines is 1.